The second kappa shape index (κ2) is 5.08. The second-order valence-corrected chi connectivity index (χ2v) is 6.06. The number of fused-ring (bicyclic) bond motifs is 1. The molecular formula is C15H23N3O. The highest BCUT2D eigenvalue weighted by molar-refractivity contribution is 5.98. The summed E-state index contributed by atoms with van der Waals surface area (Å²) in [5.74, 6) is 1.91. The fraction of sp³-hybridized carbons (Fsp3) is 0.733. The van der Waals surface area contributed by atoms with Gasteiger partial charge in [-0.1, -0.05) is 12.8 Å². The highest BCUT2D eigenvalue weighted by atomic mass is 16.1. The summed E-state index contributed by atoms with van der Waals surface area (Å²) in [5, 5.41) is 3.60. The lowest BCUT2D eigenvalue weighted by atomic mass is 9.77. The number of hydrogen-bond donors (Lipinski definition) is 1. The van der Waals surface area contributed by atoms with E-state index in [1.807, 2.05) is 18.5 Å². The smallest absolute Gasteiger partial charge is 0.197 e. The third-order valence-corrected chi connectivity index (χ3v) is 4.94. The van der Waals surface area contributed by atoms with Crippen LogP contribution in [0.1, 0.15) is 54.8 Å². The minimum atomic E-state index is -0.00542. The Morgan fingerprint density at radius 3 is 2.84 bits per heavy atom. The molecule has 1 aliphatic carbocycles. The molecule has 3 atom stereocenters. The predicted octanol–water partition coefficient (Wildman–Crippen LogP) is 2.22. The van der Waals surface area contributed by atoms with Crippen LogP contribution in [0, 0.1) is 12.8 Å². The summed E-state index contributed by atoms with van der Waals surface area (Å²) < 4.78 is 1.90. The van der Waals surface area contributed by atoms with E-state index in [-0.39, 0.29) is 11.8 Å². The Balaban J connectivity index is 1.72. The molecule has 0 spiro atoms. The van der Waals surface area contributed by atoms with Crippen molar-refractivity contribution in [1.82, 2.24) is 14.9 Å². The Morgan fingerprint density at radius 2 is 2.11 bits per heavy atom. The SMILES string of the molecule is Cc1ncc(C(=O)C2CCC3CCCCC3N2)n1C. The number of aryl methyl sites for hydroxylation is 1. The van der Waals surface area contributed by atoms with Crippen molar-refractivity contribution in [2.24, 2.45) is 13.0 Å². The molecule has 1 aliphatic heterocycles. The lowest BCUT2D eigenvalue weighted by Gasteiger charge is -2.39. The fourth-order valence-electron chi connectivity index (χ4n) is 3.61. The molecule has 2 aliphatic rings. The lowest BCUT2D eigenvalue weighted by Crippen LogP contribution is -2.52. The zero-order valence-electron chi connectivity index (χ0n) is 11.9. The van der Waals surface area contributed by atoms with Crippen LogP contribution < -0.4 is 5.32 Å². The van der Waals surface area contributed by atoms with Gasteiger partial charge < -0.3 is 9.88 Å². The van der Waals surface area contributed by atoms with Gasteiger partial charge in [0.2, 0.25) is 0 Å². The number of rotatable bonds is 2. The van der Waals surface area contributed by atoms with Gasteiger partial charge in [0, 0.05) is 13.1 Å². The van der Waals surface area contributed by atoms with Crippen LogP contribution in [-0.4, -0.2) is 27.4 Å². The molecule has 1 N–H and O–H groups in total. The standard InChI is InChI=1S/C15H23N3O/c1-10-16-9-14(18(10)2)15(19)13-8-7-11-5-3-4-6-12(11)17-13/h9,11-13,17H,3-8H2,1-2H3. The Kier molecular flexibility index (Phi) is 3.44. The van der Waals surface area contributed by atoms with E-state index in [2.05, 4.69) is 10.3 Å². The van der Waals surface area contributed by atoms with Gasteiger partial charge in [0.05, 0.1) is 12.2 Å². The Labute approximate surface area is 114 Å². The van der Waals surface area contributed by atoms with Gasteiger partial charge in [-0.2, -0.15) is 0 Å². The number of carbonyl (C=O) groups excluding carboxylic acids is 1. The number of nitrogens with zero attached hydrogens (tertiary/aromatic N) is 2. The molecule has 1 aromatic heterocycles. The third kappa shape index (κ3) is 2.34. The van der Waals surface area contributed by atoms with E-state index in [0.29, 0.717) is 6.04 Å². The molecule has 1 saturated heterocycles. The highest BCUT2D eigenvalue weighted by Gasteiger charge is 2.35. The van der Waals surface area contributed by atoms with Gasteiger partial charge in [0.1, 0.15) is 11.5 Å². The summed E-state index contributed by atoms with van der Waals surface area (Å²) in [6.07, 6.45) is 9.13. The van der Waals surface area contributed by atoms with E-state index in [1.54, 1.807) is 6.20 Å². The maximum atomic E-state index is 12.6. The first-order valence-electron chi connectivity index (χ1n) is 7.45. The number of Topliss-reactive ketones (excluding diaryl/α,β-unsaturated/α-hetero) is 1. The Bertz CT molecular complexity index is 480. The molecule has 3 rings (SSSR count). The molecule has 0 aromatic carbocycles. The van der Waals surface area contributed by atoms with Crippen LogP contribution in [0.25, 0.3) is 0 Å². The van der Waals surface area contributed by atoms with E-state index < -0.39 is 0 Å². The van der Waals surface area contributed by atoms with Gasteiger partial charge in [-0.15, -0.1) is 0 Å². The van der Waals surface area contributed by atoms with Crippen LogP contribution >= 0.6 is 0 Å². The molecule has 2 fully saturated rings. The zero-order valence-corrected chi connectivity index (χ0v) is 11.9. The van der Waals surface area contributed by atoms with Crippen molar-refractivity contribution in [2.45, 2.75) is 57.5 Å². The summed E-state index contributed by atoms with van der Waals surface area (Å²) >= 11 is 0. The van der Waals surface area contributed by atoms with Crippen LogP contribution in [0.5, 0.6) is 0 Å². The predicted molar refractivity (Wildman–Crippen MR) is 74.2 cm³/mol. The average molecular weight is 261 g/mol. The normalized spacial score (nSPS) is 30.9. The van der Waals surface area contributed by atoms with Crippen LogP contribution in [0.3, 0.4) is 0 Å². The van der Waals surface area contributed by atoms with Crippen LogP contribution in [-0.2, 0) is 7.05 Å². The number of ketones is 1. The average Bonchev–Trinajstić information content (AvgIpc) is 2.78. The van der Waals surface area contributed by atoms with Crippen molar-refractivity contribution in [1.29, 1.82) is 0 Å². The van der Waals surface area contributed by atoms with Gasteiger partial charge in [-0.05, 0) is 38.5 Å². The summed E-state index contributed by atoms with van der Waals surface area (Å²) in [5.41, 5.74) is 0.740. The fourth-order valence-corrected chi connectivity index (χ4v) is 3.61. The second-order valence-electron chi connectivity index (χ2n) is 6.06. The molecule has 3 unspecified atom stereocenters. The molecule has 4 nitrogen and oxygen atoms in total. The third-order valence-electron chi connectivity index (χ3n) is 4.94. The number of piperidine rings is 1. The number of aromatic nitrogens is 2. The number of hydrogen-bond acceptors (Lipinski definition) is 3. The summed E-state index contributed by atoms with van der Waals surface area (Å²) in [4.78, 5) is 16.8. The molecular weight excluding hydrogens is 238 g/mol. The molecule has 1 aromatic rings. The summed E-state index contributed by atoms with van der Waals surface area (Å²) in [6, 6.07) is 0.555. The maximum Gasteiger partial charge on any atom is 0.197 e. The minimum absolute atomic E-state index is 0.00542. The number of nitrogens with one attached hydrogen (secondary N) is 1. The van der Waals surface area contributed by atoms with Crippen molar-refractivity contribution in [3.05, 3.63) is 17.7 Å². The lowest BCUT2D eigenvalue weighted by molar-refractivity contribution is 0.0853. The number of imidazole rings is 1. The van der Waals surface area contributed by atoms with Crippen molar-refractivity contribution in [3.8, 4) is 0 Å². The topological polar surface area (TPSA) is 46.9 Å². The molecule has 104 valence electrons. The van der Waals surface area contributed by atoms with Gasteiger partial charge in [-0.3, -0.25) is 4.79 Å². The first kappa shape index (κ1) is 12.9. The van der Waals surface area contributed by atoms with Gasteiger partial charge in [0.15, 0.2) is 5.78 Å². The van der Waals surface area contributed by atoms with Crippen LogP contribution in [0.2, 0.25) is 0 Å². The van der Waals surface area contributed by atoms with Crippen molar-refractivity contribution < 1.29 is 4.79 Å². The quantitative estimate of drug-likeness (QED) is 0.830. The highest BCUT2D eigenvalue weighted by Crippen LogP contribution is 2.32. The van der Waals surface area contributed by atoms with E-state index in [1.165, 1.54) is 32.1 Å². The van der Waals surface area contributed by atoms with E-state index in [4.69, 9.17) is 0 Å². The zero-order chi connectivity index (χ0) is 13.4. The molecule has 0 bridgehead atoms. The Morgan fingerprint density at radius 1 is 1.32 bits per heavy atom. The largest absolute Gasteiger partial charge is 0.329 e. The molecule has 19 heavy (non-hydrogen) atoms. The molecule has 2 heterocycles. The maximum absolute atomic E-state index is 12.6. The van der Waals surface area contributed by atoms with E-state index >= 15 is 0 Å². The summed E-state index contributed by atoms with van der Waals surface area (Å²) in [7, 11) is 1.92. The molecule has 0 radical (unpaired) electrons. The van der Waals surface area contributed by atoms with Crippen molar-refractivity contribution in [3.63, 3.8) is 0 Å². The Hall–Kier alpha value is -1.16. The van der Waals surface area contributed by atoms with Gasteiger partial charge in [-0.25, -0.2) is 4.98 Å². The first-order chi connectivity index (χ1) is 9.16. The molecule has 0 amide bonds. The summed E-state index contributed by atoms with van der Waals surface area (Å²) in [6.45, 7) is 1.93. The van der Waals surface area contributed by atoms with Gasteiger partial charge >= 0.3 is 0 Å². The number of carbonyl (C=O) groups is 1. The van der Waals surface area contributed by atoms with E-state index in [9.17, 15) is 4.79 Å². The first-order valence-corrected chi connectivity index (χ1v) is 7.45. The molecule has 4 heteroatoms. The van der Waals surface area contributed by atoms with Gasteiger partial charge in [0.25, 0.3) is 0 Å². The van der Waals surface area contributed by atoms with Crippen LogP contribution in [0.15, 0.2) is 6.20 Å². The monoisotopic (exact) mass is 261 g/mol. The van der Waals surface area contributed by atoms with Crippen molar-refractivity contribution >= 4 is 5.78 Å². The van der Waals surface area contributed by atoms with E-state index in [0.717, 1.165) is 23.9 Å². The van der Waals surface area contributed by atoms with Crippen LogP contribution in [0.4, 0.5) is 0 Å². The molecule has 1 saturated carbocycles. The van der Waals surface area contributed by atoms with Crippen molar-refractivity contribution in [2.75, 3.05) is 0 Å². The minimum Gasteiger partial charge on any atom is -0.329 e.